The zero-order valence-corrected chi connectivity index (χ0v) is 12.6. The van der Waals surface area contributed by atoms with Gasteiger partial charge in [0.15, 0.2) is 0 Å². The van der Waals surface area contributed by atoms with E-state index in [0.29, 0.717) is 17.4 Å². The molecule has 0 saturated carbocycles. The van der Waals surface area contributed by atoms with E-state index < -0.39 is 22.8 Å². The lowest BCUT2D eigenvalue weighted by Crippen LogP contribution is -2.48. The zero-order chi connectivity index (χ0) is 15.6. The van der Waals surface area contributed by atoms with Gasteiger partial charge in [-0.25, -0.2) is 4.79 Å². The summed E-state index contributed by atoms with van der Waals surface area (Å²) in [6, 6.07) is 2.99. The molecule has 21 heavy (non-hydrogen) atoms. The van der Waals surface area contributed by atoms with Crippen molar-refractivity contribution in [2.24, 2.45) is 0 Å². The maximum atomic E-state index is 12.5. The zero-order valence-electron chi connectivity index (χ0n) is 11.0. The van der Waals surface area contributed by atoms with Crippen LogP contribution in [0.2, 0.25) is 0 Å². The Labute approximate surface area is 128 Å². The minimum absolute atomic E-state index is 0.109. The summed E-state index contributed by atoms with van der Waals surface area (Å²) >= 11 is 3.19. The number of nitro benzene ring substituents is 1. The molecule has 0 aliphatic carbocycles. The highest BCUT2D eigenvalue weighted by Crippen LogP contribution is 2.27. The molecule has 112 valence electrons. The number of likely N-dealkylation sites (tertiary alicyclic amines) is 1. The number of nitro groups is 1. The van der Waals surface area contributed by atoms with Crippen LogP contribution in [0, 0.1) is 10.1 Å². The first-order valence-corrected chi connectivity index (χ1v) is 7.19. The van der Waals surface area contributed by atoms with Gasteiger partial charge in [-0.3, -0.25) is 14.9 Å². The number of rotatable bonds is 3. The van der Waals surface area contributed by atoms with E-state index in [1.54, 1.807) is 0 Å². The van der Waals surface area contributed by atoms with Crippen LogP contribution in [0.15, 0.2) is 22.7 Å². The van der Waals surface area contributed by atoms with Crippen LogP contribution in [0.3, 0.4) is 0 Å². The van der Waals surface area contributed by atoms with Gasteiger partial charge < -0.3 is 10.0 Å². The van der Waals surface area contributed by atoms with E-state index in [4.69, 9.17) is 0 Å². The first-order chi connectivity index (χ1) is 9.91. The van der Waals surface area contributed by atoms with E-state index in [9.17, 15) is 24.8 Å². The van der Waals surface area contributed by atoms with Crippen molar-refractivity contribution in [2.75, 3.05) is 6.54 Å². The van der Waals surface area contributed by atoms with Crippen molar-refractivity contribution < 1.29 is 19.6 Å². The second kappa shape index (κ2) is 6.21. The van der Waals surface area contributed by atoms with E-state index in [0.717, 1.165) is 12.8 Å². The number of aliphatic carboxylic acids is 1. The van der Waals surface area contributed by atoms with Crippen LogP contribution in [0.5, 0.6) is 0 Å². The van der Waals surface area contributed by atoms with E-state index in [1.165, 1.54) is 23.1 Å². The van der Waals surface area contributed by atoms with E-state index in [-0.39, 0.29) is 11.3 Å². The Hall–Kier alpha value is -1.96. The van der Waals surface area contributed by atoms with Gasteiger partial charge in [0.2, 0.25) is 0 Å². The third-order valence-corrected chi connectivity index (χ3v) is 4.13. The molecule has 7 nitrogen and oxygen atoms in total. The standard InChI is InChI=1S/C13H13BrN2O5/c14-10-5-4-8(16(20)21)7-9(10)12(17)15-6-2-1-3-11(15)13(18)19/h4-5,7,11H,1-3,6H2,(H,18,19)/t11-/m1/s1. The average molecular weight is 357 g/mol. The highest BCUT2D eigenvalue weighted by molar-refractivity contribution is 9.10. The molecule has 1 N–H and O–H groups in total. The summed E-state index contributed by atoms with van der Waals surface area (Å²) in [5, 5.41) is 20.0. The van der Waals surface area contributed by atoms with Gasteiger partial charge >= 0.3 is 5.97 Å². The van der Waals surface area contributed by atoms with Crippen molar-refractivity contribution in [1.82, 2.24) is 4.90 Å². The molecule has 1 aliphatic heterocycles. The minimum Gasteiger partial charge on any atom is -0.480 e. The number of amides is 1. The Morgan fingerprint density at radius 2 is 2.10 bits per heavy atom. The Morgan fingerprint density at radius 3 is 2.71 bits per heavy atom. The fourth-order valence-corrected chi connectivity index (χ4v) is 2.79. The Balaban J connectivity index is 2.36. The summed E-state index contributed by atoms with van der Waals surface area (Å²) in [6.45, 7) is 0.338. The molecule has 1 atom stereocenters. The molecular formula is C13H13BrN2O5. The molecule has 1 aliphatic rings. The maximum absolute atomic E-state index is 12.5. The van der Waals surface area contributed by atoms with Gasteiger partial charge in [0.05, 0.1) is 10.5 Å². The van der Waals surface area contributed by atoms with Gasteiger partial charge in [-0.1, -0.05) is 0 Å². The van der Waals surface area contributed by atoms with Gasteiger partial charge in [0.25, 0.3) is 11.6 Å². The fourth-order valence-electron chi connectivity index (χ4n) is 2.38. The van der Waals surface area contributed by atoms with Crippen LogP contribution in [0.1, 0.15) is 29.6 Å². The molecule has 0 aromatic heterocycles. The van der Waals surface area contributed by atoms with Crippen molar-refractivity contribution >= 4 is 33.5 Å². The normalized spacial score (nSPS) is 18.3. The topological polar surface area (TPSA) is 101 Å². The summed E-state index contributed by atoms with van der Waals surface area (Å²) in [5.41, 5.74) is -0.0946. The van der Waals surface area contributed by atoms with Gasteiger partial charge in [0, 0.05) is 23.2 Å². The molecule has 1 amide bonds. The monoisotopic (exact) mass is 356 g/mol. The summed E-state index contributed by atoms with van der Waals surface area (Å²) in [5.74, 6) is -1.55. The lowest BCUT2D eigenvalue weighted by molar-refractivity contribution is -0.384. The summed E-state index contributed by atoms with van der Waals surface area (Å²) in [6.07, 6.45) is 1.87. The number of non-ortho nitro benzene ring substituents is 1. The van der Waals surface area contributed by atoms with Crippen molar-refractivity contribution in [2.45, 2.75) is 25.3 Å². The SMILES string of the molecule is O=C(O)[C@H]1CCCCN1C(=O)c1cc([N+](=O)[O-])ccc1Br. The highest BCUT2D eigenvalue weighted by Gasteiger charge is 2.33. The van der Waals surface area contributed by atoms with Gasteiger partial charge in [-0.05, 0) is 41.3 Å². The smallest absolute Gasteiger partial charge is 0.326 e. The lowest BCUT2D eigenvalue weighted by Gasteiger charge is -2.33. The number of carbonyl (C=O) groups is 2. The average Bonchev–Trinajstić information content (AvgIpc) is 2.46. The Morgan fingerprint density at radius 1 is 1.38 bits per heavy atom. The molecule has 8 heteroatoms. The molecular weight excluding hydrogens is 344 g/mol. The maximum Gasteiger partial charge on any atom is 0.326 e. The van der Waals surface area contributed by atoms with Crippen molar-refractivity contribution in [3.05, 3.63) is 38.3 Å². The second-order valence-electron chi connectivity index (χ2n) is 4.77. The number of carboxylic acid groups (broad SMARTS) is 1. The van der Waals surface area contributed by atoms with E-state index >= 15 is 0 Å². The highest BCUT2D eigenvalue weighted by atomic mass is 79.9. The molecule has 2 rings (SSSR count). The third-order valence-electron chi connectivity index (χ3n) is 3.44. The number of hydrogen-bond acceptors (Lipinski definition) is 4. The van der Waals surface area contributed by atoms with Crippen molar-refractivity contribution in [1.29, 1.82) is 0 Å². The van der Waals surface area contributed by atoms with Crippen LogP contribution >= 0.6 is 15.9 Å². The molecule has 1 fully saturated rings. The minimum atomic E-state index is -1.05. The van der Waals surface area contributed by atoms with Crippen LogP contribution < -0.4 is 0 Å². The molecule has 1 aromatic rings. The van der Waals surface area contributed by atoms with Crippen LogP contribution in [0.4, 0.5) is 5.69 Å². The van der Waals surface area contributed by atoms with Crippen LogP contribution in [0.25, 0.3) is 0 Å². The van der Waals surface area contributed by atoms with Gasteiger partial charge in [-0.2, -0.15) is 0 Å². The first-order valence-electron chi connectivity index (χ1n) is 6.39. The number of hydrogen-bond donors (Lipinski definition) is 1. The molecule has 0 radical (unpaired) electrons. The quantitative estimate of drug-likeness (QED) is 0.661. The molecule has 1 saturated heterocycles. The molecule has 0 spiro atoms. The number of carboxylic acids is 1. The van der Waals surface area contributed by atoms with Gasteiger partial charge in [0.1, 0.15) is 6.04 Å². The van der Waals surface area contributed by atoms with Crippen molar-refractivity contribution in [3.8, 4) is 0 Å². The molecule has 1 heterocycles. The Bertz CT molecular complexity index is 604. The third kappa shape index (κ3) is 3.21. The summed E-state index contributed by atoms with van der Waals surface area (Å²) in [4.78, 5) is 35.3. The van der Waals surface area contributed by atoms with Crippen molar-refractivity contribution in [3.63, 3.8) is 0 Å². The fraction of sp³-hybridized carbons (Fsp3) is 0.385. The first kappa shape index (κ1) is 15.4. The number of benzene rings is 1. The summed E-state index contributed by atoms with van der Waals surface area (Å²) < 4.78 is 0.410. The second-order valence-corrected chi connectivity index (χ2v) is 5.62. The van der Waals surface area contributed by atoms with E-state index in [1.807, 2.05) is 0 Å². The summed E-state index contributed by atoms with van der Waals surface area (Å²) in [7, 11) is 0. The van der Waals surface area contributed by atoms with E-state index in [2.05, 4.69) is 15.9 Å². The number of piperidine rings is 1. The molecule has 1 aromatic carbocycles. The predicted octanol–water partition coefficient (Wildman–Crippen LogP) is 2.44. The molecule has 0 unspecified atom stereocenters. The predicted molar refractivity (Wildman–Crippen MR) is 77.1 cm³/mol. The largest absolute Gasteiger partial charge is 0.480 e. The number of carbonyl (C=O) groups excluding carboxylic acids is 1. The van der Waals surface area contributed by atoms with Crippen LogP contribution in [-0.4, -0.2) is 39.4 Å². The number of nitrogens with zero attached hydrogens (tertiary/aromatic N) is 2. The molecule has 0 bridgehead atoms. The van der Waals surface area contributed by atoms with Crippen LogP contribution in [-0.2, 0) is 4.79 Å². The number of halogens is 1. The lowest BCUT2D eigenvalue weighted by atomic mass is 10.0. The van der Waals surface area contributed by atoms with Gasteiger partial charge in [-0.15, -0.1) is 0 Å². The Kier molecular flexibility index (Phi) is 4.56.